The first-order valence-electron chi connectivity index (χ1n) is 3.37. The summed E-state index contributed by atoms with van der Waals surface area (Å²) in [5.74, 6) is 0. The molecule has 0 aromatic heterocycles. The Morgan fingerprint density at radius 2 is 1.67 bits per heavy atom. The molecule has 4 nitrogen and oxygen atoms in total. The second-order valence-electron chi connectivity index (χ2n) is 3.01. The molecule has 0 fully saturated rings. The van der Waals surface area contributed by atoms with Gasteiger partial charge in [0, 0.05) is 0 Å². The first-order chi connectivity index (χ1) is 4.77. The fraction of sp³-hybridized carbons (Fsp3) is 1.00. The maximum atomic E-state index is 10.8. The summed E-state index contributed by atoms with van der Waals surface area (Å²) >= 11 is 0. The summed E-state index contributed by atoms with van der Waals surface area (Å²) in [6.45, 7) is 7.06. The predicted octanol–water partition coefficient (Wildman–Crippen LogP) is 0.471. The average molecular weight is 206 g/mol. The van der Waals surface area contributed by atoms with Crippen LogP contribution in [0, 0.1) is 0 Å². The Bertz CT molecular complexity index is 208. The van der Waals surface area contributed by atoms with E-state index in [9.17, 15) is 8.42 Å². The quantitative estimate of drug-likeness (QED) is 0.627. The van der Waals surface area contributed by atoms with Gasteiger partial charge in [-0.1, -0.05) is 0 Å². The van der Waals surface area contributed by atoms with E-state index in [0.29, 0.717) is 0 Å². The molecule has 0 aliphatic carbocycles. The molecule has 0 spiro atoms. The molecule has 0 aliphatic heterocycles. The van der Waals surface area contributed by atoms with Crippen LogP contribution >= 0.6 is 0 Å². The molecule has 0 aromatic carbocycles. The van der Waals surface area contributed by atoms with Gasteiger partial charge in [-0.15, -0.1) is 0 Å². The van der Waals surface area contributed by atoms with Crippen LogP contribution in [0.1, 0.15) is 6.92 Å². The number of rotatable bonds is 4. The van der Waals surface area contributed by atoms with Crippen LogP contribution in [0.2, 0.25) is 19.6 Å². The molecule has 0 N–H and O–H groups in total. The zero-order valence-electron chi connectivity index (χ0n) is 7.25. The van der Waals surface area contributed by atoms with E-state index < -0.39 is 18.7 Å². The van der Waals surface area contributed by atoms with Gasteiger partial charge in [0.2, 0.25) is 8.32 Å². The van der Waals surface area contributed by atoms with Crippen LogP contribution in [0.15, 0.2) is 0 Å². The Balaban J connectivity index is 0. The van der Waals surface area contributed by atoms with Crippen molar-refractivity contribution in [2.45, 2.75) is 26.6 Å². The molecule has 12 heavy (non-hydrogen) atoms. The van der Waals surface area contributed by atoms with E-state index in [2.05, 4.69) is 4.18 Å². The summed E-state index contributed by atoms with van der Waals surface area (Å²) in [7, 11) is -5.77. The molecule has 0 amide bonds. The normalized spacial score (nSPS) is 12.3. The van der Waals surface area contributed by atoms with Gasteiger partial charge >= 0.3 is 29.3 Å². The fourth-order valence-electron chi connectivity index (χ4n) is 0.475. The summed E-state index contributed by atoms with van der Waals surface area (Å²) in [4.78, 5) is 0. The van der Waals surface area contributed by atoms with E-state index in [1.54, 1.807) is 26.6 Å². The number of hydrogen-bond donors (Lipinski definition) is 0. The third-order valence-corrected chi connectivity index (χ3v) is 3.96. The molecular weight excluding hydrogens is 191 g/mol. The van der Waals surface area contributed by atoms with Crippen LogP contribution in [0.4, 0.5) is 0 Å². The van der Waals surface area contributed by atoms with Gasteiger partial charge in [0.1, 0.15) is 0 Å². The van der Waals surface area contributed by atoms with Crippen molar-refractivity contribution in [1.29, 1.82) is 0 Å². The average Bonchev–Trinajstić information content (AvgIpc) is 1.55. The SMILES string of the molecule is CCOS(=O)(=O)O[Si](C)(C)C.[LiH]. The van der Waals surface area contributed by atoms with Gasteiger partial charge < -0.3 is 0 Å². The van der Waals surface area contributed by atoms with Gasteiger partial charge in [-0.05, 0) is 26.6 Å². The van der Waals surface area contributed by atoms with Gasteiger partial charge in [0.05, 0.1) is 6.61 Å². The minimum absolute atomic E-state index is 0. The zero-order chi connectivity index (χ0) is 9.12. The monoisotopic (exact) mass is 206 g/mol. The van der Waals surface area contributed by atoms with Gasteiger partial charge in [0.25, 0.3) is 0 Å². The van der Waals surface area contributed by atoms with Gasteiger partial charge in [-0.2, -0.15) is 8.42 Å². The standard InChI is InChI=1S/C5H14O4SSi.Li.H/c1-5-8-10(6,7)9-11(2,3)4;;/h5H2,1-4H3;;. The maximum absolute atomic E-state index is 10.8. The number of hydrogen-bond acceptors (Lipinski definition) is 4. The third-order valence-electron chi connectivity index (χ3n) is 0.614. The van der Waals surface area contributed by atoms with E-state index in [0.717, 1.165) is 0 Å². The predicted molar refractivity (Wildman–Crippen MR) is 52.1 cm³/mol. The van der Waals surface area contributed by atoms with Crippen LogP contribution in [-0.4, -0.2) is 42.2 Å². The molecule has 0 aromatic rings. The van der Waals surface area contributed by atoms with E-state index >= 15 is 0 Å². The van der Waals surface area contributed by atoms with Crippen molar-refractivity contribution in [2.24, 2.45) is 0 Å². The molecule has 0 unspecified atom stereocenters. The summed E-state index contributed by atoms with van der Waals surface area (Å²) in [5, 5.41) is 0. The van der Waals surface area contributed by atoms with Gasteiger partial charge in [-0.25, -0.2) is 4.18 Å². The Hall–Kier alpha value is 0.684. The molecule has 0 saturated heterocycles. The molecule has 7 heteroatoms. The van der Waals surface area contributed by atoms with Crippen molar-refractivity contribution >= 4 is 37.6 Å². The molecule has 0 rings (SSSR count). The third kappa shape index (κ3) is 8.78. The van der Waals surface area contributed by atoms with Crippen molar-refractivity contribution < 1.29 is 16.5 Å². The molecular formula is C5H15LiO4SSi. The molecule has 70 valence electrons. The first kappa shape index (κ1) is 15.2. The van der Waals surface area contributed by atoms with E-state index in [1.807, 2.05) is 0 Å². The van der Waals surface area contributed by atoms with E-state index in [4.69, 9.17) is 3.87 Å². The van der Waals surface area contributed by atoms with Crippen molar-refractivity contribution in [1.82, 2.24) is 0 Å². The van der Waals surface area contributed by atoms with Crippen molar-refractivity contribution in [3.05, 3.63) is 0 Å². The summed E-state index contributed by atoms with van der Waals surface area (Å²) in [6, 6.07) is 0. The second kappa shape index (κ2) is 5.42. The van der Waals surface area contributed by atoms with E-state index in [1.165, 1.54) is 0 Å². The Labute approximate surface area is 87.3 Å². The van der Waals surface area contributed by atoms with Crippen LogP contribution < -0.4 is 0 Å². The van der Waals surface area contributed by atoms with Gasteiger partial charge in [0.15, 0.2) is 0 Å². The molecule has 0 bridgehead atoms. The minimum atomic E-state index is -3.73. The molecule has 0 saturated carbocycles. The van der Waals surface area contributed by atoms with Crippen molar-refractivity contribution in [2.75, 3.05) is 6.61 Å². The van der Waals surface area contributed by atoms with Crippen LogP contribution in [0.3, 0.4) is 0 Å². The van der Waals surface area contributed by atoms with Crippen LogP contribution in [-0.2, 0) is 18.5 Å². The zero-order valence-corrected chi connectivity index (χ0v) is 9.06. The van der Waals surface area contributed by atoms with Crippen molar-refractivity contribution in [3.8, 4) is 0 Å². The van der Waals surface area contributed by atoms with Crippen LogP contribution in [0.25, 0.3) is 0 Å². The van der Waals surface area contributed by atoms with Gasteiger partial charge in [-0.3, -0.25) is 3.87 Å². The van der Waals surface area contributed by atoms with Crippen molar-refractivity contribution in [3.63, 3.8) is 0 Å². The summed E-state index contributed by atoms with van der Waals surface area (Å²) in [5.41, 5.74) is 0. The molecule has 0 radical (unpaired) electrons. The Morgan fingerprint density at radius 3 is 1.92 bits per heavy atom. The second-order valence-corrected chi connectivity index (χ2v) is 8.95. The fourth-order valence-corrected chi connectivity index (χ4v) is 3.41. The topological polar surface area (TPSA) is 52.6 Å². The van der Waals surface area contributed by atoms with E-state index in [-0.39, 0.29) is 25.5 Å². The Morgan fingerprint density at radius 1 is 1.25 bits per heavy atom. The molecule has 0 heterocycles. The van der Waals surface area contributed by atoms with Crippen LogP contribution in [0.5, 0.6) is 0 Å². The first-order valence-corrected chi connectivity index (χ1v) is 8.11. The summed E-state index contributed by atoms with van der Waals surface area (Å²) < 4.78 is 30.8. The molecule has 0 atom stereocenters. The summed E-state index contributed by atoms with van der Waals surface area (Å²) in [6.07, 6.45) is 0. The Kier molecular flexibility index (Phi) is 6.85. The molecule has 0 aliphatic rings.